The summed E-state index contributed by atoms with van der Waals surface area (Å²) in [5, 5.41) is 0. The molecule has 6 rings (SSSR count). The molecule has 0 unspecified atom stereocenters. The monoisotopic (exact) mass is 500 g/mol. The normalized spacial score (nSPS) is 10.7. The fraction of sp³-hybridized carbons (Fsp3) is 0.139. The van der Waals surface area contributed by atoms with Gasteiger partial charge in [-0.05, 0) is 89.8 Å². The van der Waals surface area contributed by atoms with Gasteiger partial charge in [-0.1, -0.05) is 109 Å². The maximum absolute atomic E-state index is 12.4. The Labute approximate surface area is 225 Å². The van der Waals surface area contributed by atoms with Crippen molar-refractivity contribution in [1.82, 2.24) is 0 Å². The number of rotatable bonds is 4. The standard InChI is InChI=1S/C15H14.C14H14.C7H5FO/c1-10-7-8-14-13-6-4-3-5-12(13)9-15(14)11(10)2;1-3-7-13(8-4-1)11-12-14-9-5-2-6-10-14;8-7-4-2-1-3-6(7)5-9/h3-8H,9H2,1-2H3;1-10H,11-12H2;1-5H. The Morgan fingerprint density at radius 3 is 1.76 bits per heavy atom. The first kappa shape index (κ1) is 26.8. The molecule has 0 radical (unpaired) electrons. The van der Waals surface area contributed by atoms with Gasteiger partial charge in [0.2, 0.25) is 0 Å². The average Bonchev–Trinajstić information content (AvgIpc) is 3.35. The van der Waals surface area contributed by atoms with E-state index in [-0.39, 0.29) is 5.56 Å². The summed E-state index contributed by atoms with van der Waals surface area (Å²) in [6, 6.07) is 40.3. The number of fused-ring (bicyclic) bond motifs is 3. The number of carbonyl (C=O) groups excluding carboxylic acids is 1. The van der Waals surface area contributed by atoms with Crippen molar-refractivity contribution in [3.63, 3.8) is 0 Å². The van der Waals surface area contributed by atoms with E-state index in [4.69, 9.17) is 0 Å². The second-order valence-corrected chi connectivity index (χ2v) is 9.48. The zero-order valence-corrected chi connectivity index (χ0v) is 22.0. The van der Waals surface area contributed by atoms with Crippen molar-refractivity contribution in [2.45, 2.75) is 33.1 Å². The SMILES string of the molecule is Cc1ccc2c(c1C)Cc1ccccc1-2.O=Cc1ccccc1F.c1ccc(CCc2ccccc2)cc1. The van der Waals surface area contributed by atoms with E-state index in [9.17, 15) is 9.18 Å². The lowest BCUT2D eigenvalue weighted by Crippen LogP contribution is -1.89. The Morgan fingerprint density at radius 1 is 0.632 bits per heavy atom. The van der Waals surface area contributed by atoms with Gasteiger partial charge in [0.25, 0.3) is 0 Å². The second-order valence-electron chi connectivity index (χ2n) is 9.48. The first-order chi connectivity index (χ1) is 18.6. The highest BCUT2D eigenvalue weighted by Crippen LogP contribution is 2.38. The largest absolute Gasteiger partial charge is 0.298 e. The van der Waals surface area contributed by atoms with Gasteiger partial charge in [0.1, 0.15) is 5.82 Å². The topological polar surface area (TPSA) is 17.1 Å². The molecule has 0 aromatic heterocycles. The van der Waals surface area contributed by atoms with E-state index in [1.54, 1.807) is 12.1 Å². The van der Waals surface area contributed by atoms with E-state index >= 15 is 0 Å². The Balaban J connectivity index is 0.000000137. The molecular formula is C36H33FO. The van der Waals surface area contributed by atoms with Gasteiger partial charge in [-0.15, -0.1) is 0 Å². The van der Waals surface area contributed by atoms with Gasteiger partial charge in [-0.2, -0.15) is 0 Å². The lowest BCUT2D eigenvalue weighted by molar-refractivity contribution is 0.112. The zero-order chi connectivity index (χ0) is 26.7. The van der Waals surface area contributed by atoms with E-state index < -0.39 is 5.82 Å². The van der Waals surface area contributed by atoms with Crippen LogP contribution in [0.15, 0.2) is 121 Å². The summed E-state index contributed by atoms with van der Waals surface area (Å²) in [6.07, 6.45) is 3.87. The van der Waals surface area contributed by atoms with Crippen LogP contribution in [0.25, 0.3) is 11.1 Å². The van der Waals surface area contributed by atoms with Crippen LogP contribution in [0.3, 0.4) is 0 Å². The molecule has 0 spiro atoms. The molecule has 2 heteroatoms. The first-order valence-electron chi connectivity index (χ1n) is 13.0. The van der Waals surface area contributed by atoms with Gasteiger partial charge < -0.3 is 0 Å². The van der Waals surface area contributed by atoms with E-state index in [0.717, 1.165) is 19.3 Å². The maximum atomic E-state index is 12.4. The second kappa shape index (κ2) is 13.3. The van der Waals surface area contributed by atoms with Gasteiger partial charge in [0.05, 0.1) is 5.56 Å². The van der Waals surface area contributed by atoms with Gasteiger partial charge in [0, 0.05) is 0 Å². The third-order valence-electron chi connectivity index (χ3n) is 6.96. The molecule has 5 aromatic rings. The number of hydrogen-bond acceptors (Lipinski definition) is 1. The highest BCUT2D eigenvalue weighted by molar-refractivity contribution is 5.78. The number of benzene rings is 5. The Hall–Kier alpha value is -4.30. The summed E-state index contributed by atoms with van der Waals surface area (Å²) >= 11 is 0. The maximum Gasteiger partial charge on any atom is 0.152 e. The van der Waals surface area contributed by atoms with Crippen LogP contribution in [-0.4, -0.2) is 6.29 Å². The predicted octanol–water partition coefficient (Wildman–Crippen LogP) is 8.98. The quantitative estimate of drug-likeness (QED) is 0.221. The summed E-state index contributed by atoms with van der Waals surface area (Å²) in [7, 11) is 0. The van der Waals surface area contributed by atoms with Gasteiger partial charge in [-0.3, -0.25) is 4.79 Å². The minimum Gasteiger partial charge on any atom is -0.298 e. The molecule has 0 atom stereocenters. The summed E-state index contributed by atoms with van der Waals surface area (Å²) < 4.78 is 12.4. The molecule has 38 heavy (non-hydrogen) atoms. The van der Waals surface area contributed by atoms with Crippen molar-refractivity contribution < 1.29 is 9.18 Å². The molecule has 5 aromatic carbocycles. The van der Waals surface area contributed by atoms with Crippen LogP contribution in [0.2, 0.25) is 0 Å². The van der Waals surface area contributed by atoms with Gasteiger partial charge in [-0.25, -0.2) is 4.39 Å². The van der Waals surface area contributed by atoms with E-state index in [2.05, 4.69) is 111 Å². The highest BCUT2D eigenvalue weighted by atomic mass is 19.1. The van der Waals surface area contributed by atoms with Gasteiger partial charge in [0.15, 0.2) is 6.29 Å². The van der Waals surface area contributed by atoms with Crippen LogP contribution >= 0.6 is 0 Å². The third-order valence-corrected chi connectivity index (χ3v) is 6.96. The summed E-state index contributed by atoms with van der Waals surface area (Å²) in [4.78, 5) is 9.99. The van der Waals surface area contributed by atoms with Crippen molar-refractivity contribution in [3.8, 4) is 11.1 Å². The summed E-state index contributed by atoms with van der Waals surface area (Å²) in [5.41, 5.74) is 11.7. The van der Waals surface area contributed by atoms with Crippen LogP contribution in [-0.2, 0) is 19.3 Å². The third kappa shape index (κ3) is 6.92. The van der Waals surface area contributed by atoms with Crippen LogP contribution < -0.4 is 0 Å². The minimum atomic E-state index is -0.465. The summed E-state index contributed by atoms with van der Waals surface area (Å²) in [5.74, 6) is -0.465. The lowest BCUT2D eigenvalue weighted by atomic mass is 9.98. The van der Waals surface area contributed by atoms with Crippen LogP contribution in [0.1, 0.15) is 43.7 Å². The van der Waals surface area contributed by atoms with E-state index in [1.165, 1.54) is 56.6 Å². The molecule has 0 N–H and O–H groups in total. The Morgan fingerprint density at radius 2 is 1.18 bits per heavy atom. The number of hydrogen-bond donors (Lipinski definition) is 0. The lowest BCUT2D eigenvalue weighted by Gasteiger charge is -2.06. The number of carbonyl (C=O) groups is 1. The van der Waals surface area contributed by atoms with E-state index in [1.807, 2.05) is 0 Å². The molecule has 0 bridgehead atoms. The molecule has 0 saturated heterocycles. The van der Waals surface area contributed by atoms with Crippen LogP contribution in [0.5, 0.6) is 0 Å². The van der Waals surface area contributed by atoms with Crippen molar-refractivity contribution in [3.05, 3.63) is 166 Å². The fourth-order valence-corrected chi connectivity index (χ4v) is 4.63. The van der Waals surface area contributed by atoms with Gasteiger partial charge >= 0.3 is 0 Å². The molecule has 1 aliphatic rings. The Kier molecular flexibility index (Phi) is 9.37. The van der Waals surface area contributed by atoms with Crippen molar-refractivity contribution >= 4 is 6.29 Å². The molecule has 0 fully saturated rings. The molecule has 0 amide bonds. The molecule has 1 aliphatic carbocycles. The number of aryl methyl sites for hydroxylation is 3. The van der Waals surface area contributed by atoms with Crippen molar-refractivity contribution in [2.75, 3.05) is 0 Å². The number of halogens is 1. The molecule has 0 saturated carbocycles. The molecule has 0 aliphatic heterocycles. The smallest absolute Gasteiger partial charge is 0.152 e. The predicted molar refractivity (Wildman–Crippen MR) is 156 cm³/mol. The Bertz CT molecular complexity index is 1430. The van der Waals surface area contributed by atoms with Crippen molar-refractivity contribution in [2.24, 2.45) is 0 Å². The molecular weight excluding hydrogens is 467 g/mol. The first-order valence-corrected chi connectivity index (χ1v) is 13.0. The average molecular weight is 501 g/mol. The fourth-order valence-electron chi connectivity index (χ4n) is 4.63. The van der Waals surface area contributed by atoms with Crippen LogP contribution in [0.4, 0.5) is 4.39 Å². The van der Waals surface area contributed by atoms with E-state index in [0.29, 0.717) is 6.29 Å². The molecule has 0 heterocycles. The van der Waals surface area contributed by atoms with Crippen molar-refractivity contribution in [1.29, 1.82) is 0 Å². The molecule has 1 nitrogen and oxygen atoms in total. The number of aldehydes is 1. The van der Waals surface area contributed by atoms with Crippen LogP contribution in [0, 0.1) is 19.7 Å². The molecule has 190 valence electrons. The zero-order valence-electron chi connectivity index (χ0n) is 22.0. The highest BCUT2D eigenvalue weighted by Gasteiger charge is 2.19. The summed E-state index contributed by atoms with van der Waals surface area (Å²) in [6.45, 7) is 4.43. The minimum absolute atomic E-state index is 0.109.